The van der Waals surface area contributed by atoms with E-state index in [2.05, 4.69) is 12.6 Å². The molecular weight excluding hydrogens is 256 g/mol. The third kappa shape index (κ3) is 3.21. The molecule has 7 heteroatoms. The highest BCUT2D eigenvalue weighted by Gasteiger charge is 2.19. The van der Waals surface area contributed by atoms with Crippen molar-refractivity contribution in [3.8, 4) is 6.07 Å². The van der Waals surface area contributed by atoms with Crippen LogP contribution in [0.15, 0.2) is 17.0 Å². The minimum absolute atomic E-state index is 0.0893. The second kappa shape index (κ2) is 6.02. The lowest BCUT2D eigenvalue weighted by Crippen LogP contribution is -2.08. The zero-order chi connectivity index (χ0) is 13.7. The van der Waals surface area contributed by atoms with Crippen LogP contribution in [0.5, 0.6) is 0 Å². The number of nitriles is 1. The Balaban J connectivity index is 3.14. The zero-order valence-corrected chi connectivity index (χ0v) is 10.4. The Kier molecular flexibility index (Phi) is 4.68. The van der Waals surface area contributed by atoms with Crippen LogP contribution in [0.25, 0.3) is 0 Å². The Morgan fingerprint density at radius 2 is 2.28 bits per heavy atom. The van der Waals surface area contributed by atoms with Gasteiger partial charge in [-0.05, 0) is 18.6 Å². The summed E-state index contributed by atoms with van der Waals surface area (Å²) in [5.41, 5.74) is -0.0793. The van der Waals surface area contributed by atoms with Crippen molar-refractivity contribution < 1.29 is 14.5 Å². The van der Waals surface area contributed by atoms with Crippen molar-refractivity contribution in [2.75, 3.05) is 6.61 Å². The fourth-order valence-electron chi connectivity index (χ4n) is 1.41. The number of esters is 1. The fraction of sp³-hybridized carbons (Fsp3) is 0.273. The minimum atomic E-state index is -0.674. The van der Waals surface area contributed by atoms with Gasteiger partial charge in [-0.3, -0.25) is 14.9 Å². The zero-order valence-electron chi connectivity index (χ0n) is 9.54. The van der Waals surface area contributed by atoms with Crippen molar-refractivity contribution in [3.63, 3.8) is 0 Å². The monoisotopic (exact) mass is 266 g/mol. The van der Waals surface area contributed by atoms with Crippen molar-refractivity contribution in [3.05, 3.63) is 33.4 Å². The number of thiol groups is 1. The van der Waals surface area contributed by atoms with Crippen LogP contribution in [0.2, 0.25) is 0 Å². The first-order chi connectivity index (χ1) is 8.49. The Hall–Kier alpha value is -2.07. The molecule has 0 spiro atoms. The molecule has 1 aromatic carbocycles. The average Bonchev–Trinajstić information content (AvgIpc) is 2.28. The van der Waals surface area contributed by atoms with Gasteiger partial charge in [0.2, 0.25) is 0 Å². The van der Waals surface area contributed by atoms with Gasteiger partial charge in [-0.15, -0.1) is 12.6 Å². The number of ether oxygens (including phenoxy) is 1. The first-order valence-corrected chi connectivity index (χ1v) is 5.50. The summed E-state index contributed by atoms with van der Waals surface area (Å²) in [7, 11) is 0. The number of carbonyl (C=O) groups excluding carboxylic acids is 1. The summed E-state index contributed by atoms with van der Waals surface area (Å²) >= 11 is 4.01. The lowest BCUT2D eigenvalue weighted by Gasteiger charge is -2.04. The van der Waals surface area contributed by atoms with E-state index in [1.54, 1.807) is 13.0 Å². The van der Waals surface area contributed by atoms with Crippen molar-refractivity contribution >= 4 is 24.3 Å². The van der Waals surface area contributed by atoms with E-state index in [0.717, 1.165) is 0 Å². The predicted molar refractivity (Wildman–Crippen MR) is 65.4 cm³/mol. The molecule has 0 heterocycles. The Bertz CT molecular complexity index is 537. The molecule has 0 bridgehead atoms. The molecule has 0 fully saturated rings. The molecule has 18 heavy (non-hydrogen) atoms. The van der Waals surface area contributed by atoms with Crippen molar-refractivity contribution in [1.82, 2.24) is 0 Å². The molecule has 0 saturated carbocycles. The van der Waals surface area contributed by atoms with Crippen molar-refractivity contribution in [1.29, 1.82) is 5.26 Å². The molecular formula is C11H10N2O4S. The van der Waals surface area contributed by atoms with E-state index >= 15 is 0 Å². The number of nitrogens with zero attached hydrogens (tertiary/aromatic N) is 2. The summed E-state index contributed by atoms with van der Waals surface area (Å²) in [6.07, 6.45) is -0.0893. The van der Waals surface area contributed by atoms with Gasteiger partial charge >= 0.3 is 5.97 Å². The molecule has 6 nitrogen and oxygen atoms in total. The average molecular weight is 266 g/mol. The highest BCUT2D eigenvalue weighted by molar-refractivity contribution is 7.80. The normalized spacial score (nSPS) is 9.61. The van der Waals surface area contributed by atoms with E-state index in [1.165, 1.54) is 12.1 Å². The maximum Gasteiger partial charge on any atom is 0.310 e. The summed E-state index contributed by atoms with van der Waals surface area (Å²) in [4.78, 5) is 21.6. The number of benzene rings is 1. The quantitative estimate of drug-likeness (QED) is 0.388. The highest BCUT2D eigenvalue weighted by atomic mass is 32.1. The van der Waals surface area contributed by atoms with Gasteiger partial charge in [-0.1, -0.05) is 0 Å². The minimum Gasteiger partial charge on any atom is -0.466 e. The third-order valence-electron chi connectivity index (χ3n) is 2.12. The smallest absolute Gasteiger partial charge is 0.310 e. The Labute approximate surface area is 109 Å². The summed E-state index contributed by atoms with van der Waals surface area (Å²) < 4.78 is 4.74. The molecule has 0 N–H and O–H groups in total. The van der Waals surface area contributed by atoms with E-state index in [1.807, 2.05) is 0 Å². The number of rotatable bonds is 4. The predicted octanol–water partition coefficient (Wildman–Crippen LogP) is 1.86. The fourth-order valence-corrected chi connectivity index (χ4v) is 1.74. The van der Waals surface area contributed by atoms with Crippen LogP contribution in [0, 0.1) is 21.4 Å². The SMILES string of the molecule is CCOC(=O)Cc1cc(S)c(C#N)c([N+](=O)[O-])c1. The number of nitro groups is 1. The summed E-state index contributed by atoms with van der Waals surface area (Å²) in [6.45, 7) is 1.91. The molecule has 0 aliphatic rings. The second-order valence-electron chi connectivity index (χ2n) is 3.36. The highest BCUT2D eigenvalue weighted by Crippen LogP contribution is 2.26. The van der Waals surface area contributed by atoms with Crippen LogP contribution in [-0.4, -0.2) is 17.5 Å². The number of carbonyl (C=O) groups is 1. The summed E-state index contributed by atoms with van der Waals surface area (Å²) in [5, 5.41) is 19.6. The first-order valence-electron chi connectivity index (χ1n) is 5.05. The van der Waals surface area contributed by atoms with E-state index in [-0.39, 0.29) is 29.2 Å². The van der Waals surface area contributed by atoms with Gasteiger partial charge in [0.05, 0.1) is 18.0 Å². The van der Waals surface area contributed by atoms with Crippen LogP contribution in [0.4, 0.5) is 5.69 Å². The van der Waals surface area contributed by atoms with Crippen LogP contribution in [-0.2, 0) is 16.0 Å². The van der Waals surface area contributed by atoms with Crippen LogP contribution >= 0.6 is 12.6 Å². The molecule has 0 amide bonds. The van der Waals surface area contributed by atoms with Gasteiger partial charge in [0.1, 0.15) is 11.6 Å². The van der Waals surface area contributed by atoms with Crippen LogP contribution in [0.3, 0.4) is 0 Å². The summed E-state index contributed by atoms with van der Waals surface area (Å²) in [5.74, 6) is -0.482. The van der Waals surface area contributed by atoms with Gasteiger partial charge in [0, 0.05) is 11.0 Å². The Morgan fingerprint density at radius 3 is 2.78 bits per heavy atom. The van der Waals surface area contributed by atoms with Crippen molar-refractivity contribution in [2.45, 2.75) is 18.2 Å². The van der Waals surface area contributed by atoms with Gasteiger partial charge in [0.15, 0.2) is 0 Å². The molecule has 0 radical (unpaired) electrons. The maximum atomic E-state index is 11.3. The summed E-state index contributed by atoms with van der Waals surface area (Å²) in [6, 6.07) is 4.36. The molecule has 0 aliphatic carbocycles. The van der Waals surface area contributed by atoms with E-state index < -0.39 is 10.9 Å². The molecule has 0 saturated heterocycles. The van der Waals surface area contributed by atoms with Gasteiger partial charge in [-0.2, -0.15) is 5.26 Å². The third-order valence-corrected chi connectivity index (χ3v) is 2.47. The second-order valence-corrected chi connectivity index (χ2v) is 3.84. The number of hydrogen-bond acceptors (Lipinski definition) is 6. The maximum absolute atomic E-state index is 11.3. The molecule has 1 rings (SSSR count). The molecule has 0 aliphatic heterocycles. The lowest BCUT2D eigenvalue weighted by atomic mass is 10.1. The largest absolute Gasteiger partial charge is 0.466 e. The molecule has 0 aromatic heterocycles. The lowest BCUT2D eigenvalue weighted by molar-refractivity contribution is -0.385. The first kappa shape index (κ1) is 14.0. The molecule has 0 unspecified atom stereocenters. The van der Waals surface area contributed by atoms with Gasteiger partial charge in [-0.25, -0.2) is 0 Å². The van der Waals surface area contributed by atoms with Gasteiger partial charge < -0.3 is 4.74 Å². The van der Waals surface area contributed by atoms with E-state index in [9.17, 15) is 14.9 Å². The number of hydrogen-bond donors (Lipinski definition) is 1. The Morgan fingerprint density at radius 1 is 1.61 bits per heavy atom. The molecule has 1 aromatic rings. The molecule has 0 atom stereocenters. The molecule has 94 valence electrons. The topological polar surface area (TPSA) is 93.2 Å². The van der Waals surface area contributed by atoms with Crippen LogP contribution in [0.1, 0.15) is 18.1 Å². The van der Waals surface area contributed by atoms with E-state index in [4.69, 9.17) is 10.00 Å². The van der Waals surface area contributed by atoms with Crippen LogP contribution < -0.4 is 0 Å². The van der Waals surface area contributed by atoms with Gasteiger partial charge in [0.25, 0.3) is 5.69 Å². The standard InChI is InChI=1S/C11H10N2O4S/c1-2-17-11(14)5-7-3-9(13(15)16)8(6-12)10(18)4-7/h3-4,18H,2,5H2,1H3. The van der Waals surface area contributed by atoms with E-state index in [0.29, 0.717) is 5.56 Å². The van der Waals surface area contributed by atoms with Crippen molar-refractivity contribution in [2.24, 2.45) is 0 Å². The number of nitro benzene ring substituents is 1.